The second kappa shape index (κ2) is 6.09. The average molecular weight is 334 g/mol. The zero-order chi connectivity index (χ0) is 14.7. The molecule has 104 valence electrons. The molecule has 0 saturated heterocycles. The van der Waals surface area contributed by atoms with E-state index in [1.54, 1.807) is 6.07 Å². The summed E-state index contributed by atoms with van der Waals surface area (Å²) in [6.07, 6.45) is 0. The molecule has 0 heterocycles. The van der Waals surface area contributed by atoms with Crippen molar-refractivity contribution in [1.82, 2.24) is 0 Å². The van der Waals surface area contributed by atoms with Gasteiger partial charge in [-0.25, -0.2) is 4.79 Å². The van der Waals surface area contributed by atoms with Crippen molar-refractivity contribution in [2.45, 2.75) is 13.8 Å². The summed E-state index contributed by atoms with van der Waals surface area (Å²) in [5.74, 6) is -0.932. The molecule has 2 rings (SSSR count). The normalized spacial score (nSPS) is 10.3. The highest BCUT2D eigenvalue weighted by atomic mass is 79.9. The first kappa shape index (κ1) is 14.6. The van der Waals surface area contributed by atoms with Crippen LogP contribution in [0.4, 0.5) is 11.4 Å². The second-order valence-corrected chi connectivity index (χ2v) is 5.37. The maximum atomic E-state index is 11.5. The Labute approximate surface area is 127 Å². The van der Waals surface area contributed by atoms with Crippen molar-refractivity contribution in [3.8, 4) is 0 Å². The number of anilines is 2. The number of nitrogens with zero attached hydrogens (tertiary/aromatic N) is 1. The van der Waals surface area contributed by atoms with Gasteiger partial charge in [0.2, 0.25) is 0 Å². The lowest BCUT2D eigenvalue weighted by Gasteiger charge is -2.25. The molecule has 0 spiro atoms. The number of aryl methyl sites for hydroxylation is 1. The first-order chi connectivity index (χ1) is 9.54. The molecule has 2 aromatic carbocycles. The van der Waals surface area contributed by atoms with Crippen molar-refractivity contribution >= 4 is 33.3 Å². The Kier molecular flexibility index (Phi) is 4.45. The molecule has 0 fully saturated rings. The van der Waals surface area contributed by atoms with Crippen LogP contribution in [0.5, 0.6) is 0 Å². The number of carboxylic acid groups (broad SMARTS) is 1. The standard InChI is InChI=1S/C16H16BrNO2/c1-3-18(12-9-7-11(2)8-10-12)14-6-4-5-13(17)15(14)16(19)20/h4-10H,3H2,1-2H3,(H,19,20). The third-order valence-corrected chi connectivity index (χ3v) is 3.82. The minimum absolute atomic E-state index is 0.287. The molecule has 3 nitrogen and oxygen atoms in total. The van der Waals surface area contributed by atoms with Gasteiger partial charge in [0.05, 0.1) is 11.3 Å². The maximum Gasteiger partial charge on any atom is 0.338 e. The summed E-state index contributed by atoms with van der Waals surface area (Å²) in [6, 6.07) is 13.5. The predicted molar refractivity (Wildman–Crippen MR) is 85.0 cm³/mol. The molecule has 0 aliphatic heterocycles. The van der Waals surface area contributed by atoms with E-state index in [9.17, 15) is 9.90 Å². The Hall–Kier alpha value is -1.81. The number of rotatable bonds is 4. The molecule has 20 heavy (non-hydrogen) atoms. The smallest absolute Gasteiger partial charge is 0.338 e. The van der Waals surface area contributed by atoms with Crippen LogP contribution in [0.2, 0.25) is 0 Å². The topological polar surface area (TPSA) is 40.5 Å². The van der Waals surface area contributed by atoms with Gasteiger partial charge in [-0.05, 0) is 54.0 Å². The number of carboxylic acids is 1. The summed E-state index contributed by atoms with van der Waals surface area (Å²) >= 11 is 3.32. The summed E-state index contributed by atoms with van der Waals surface area (Å²) in [4.78, 5) is 13.5. The first-order valence-electron chi connectivity index (χ1n) is 6.40. The second-order valence-electron chi connectivity index (χ2n) is 4.52. The minimum Gasteiger partial charge on any atom is -0.478 e. The quantitative estimate of drug-likeness (QED) is 0.887. The zero-order valence-electron chi connectivity index (χ0n) is 11.4. The van der Waals surface area contributed by atoms with Crippen LogP contribution in [-0.4, -0.2) is 17.6 Å². The first-order valence-corrected chi connectivity index (χ1v) is 7.20. The number of benzene rings is 2. The summed E-state index contributed by atoms with van der Waals surface area (Å²) < 4.78 is 0.591. The molecule has 0 bridgehead atoms. The number of hydrogen-bond acceptors (Lipinski definition) is 2. The molecule has 0 unspecified atom stereocenters. The molecule has 0 aromatic heterocycles. The third-order valence-electron chi connectivity index (χ3n) is 3.16. The highest BCUT2D eigenvalue weighted by molar-refractivity contribution is 9.10. The lowest BCUT2D eigenvalue weighted by molar-refractivity contribution is 0.0696. The monoisotopic (exact) mass is 333 g/mol. The van der Waals surface area contributed by atoms with Crippen LogP contribution >= 0.6 is 15.9 Å². The average Bonchev–Trinajstić information content (AvgIpc) is 2.41. The van der Waals surface area contributed by atoms with Crippen molar-refractivity contribution in [2.75, 3.05) is 11.4 Å². The molecule has 0 saturated carbocycles. The van der Waals surface area contributed by atoms with Crippen LogP contribution in [0.1, 0.15) is 22.8 Å². The Morgan fingerprint density at radius 1 is 1.20 bits per heavy atom. The SMILES string of the molecule is CCN(c1ccc(C)cc1)c1cccc(Br)c1C(=O)O. The molecule has 0 amide bonds. The molecule has 0 radical (unpaired) electrons. The van der Waals surface area contributed by atoms with E-state index < -0.39 is 5.97 Å². The van der Waals surface area contributed by atoms with Gasteiger partial charge in [-0.3, -0.25) is 0 Å². The Morgan fingerprint density at radius 3 is 2.40 bits per heavy atom. The summed E-state index contributed by atoms with van der Waals surface area (Å²) in [7, 11) is 0. The van der Waals surface area contributed by atoms with Crippen LogP contribution < -0.4 is 4.90 Å². The van der Waals surface area contributed by atoms with E-state index in [-0.39, 0.29) is 5.56 Å². The van der Waals surface area contributed by atoms with Gasteiger partial charge in [-0.1, -0.05) is 23.8 Å². The molecule has 0 aliphatic rings. The van der Waals surface area contributed by atoms with Gasteiger partial charge in [-0.15, -0.1) is 0 Å². The molecule has 1 N–H and O–H groups in total. The predicted octanol–water partition coefficient (Wildman–Crippen LogP) is 4.61. The lowest BCUT2D eigenvalue weighted by Crippen LogP contribution is -2.19. The summed E-state index contributed by atoms with van der Waals surface area (Å²) in [6.45, 7) is 4.73. The van der Waals surface area contributed by atoms with Gasteiger partial charge < -0.3 is 10.0 Å². The number of carbonyl (C=O) groups is 1. The van der Waals surface area contributed by atoms with E-state index in [4.69, 9.17) is 0 Å². The molecule has 0 atom stereocenters. The molecule has 2 aromatic rings. The molecule has 0 aliphatic carbocycles. The minimum atomic E-state index is -0.932. The number of hydrogen-bond donors (Lipinski definition) is 1. The van der Waals surface area contributed by atoms with Crippen molar-refractivity contribution < 1.29 is 9.90 Å². The van der Waals surface area contributed by atoms with Gasteiger partial charge >= 0.3 is 5.97 Å². The zero-order valence-corrected chi connectivity index (χ0v) is 13.0. The number of aromatic carboxylic acids is 1. The fraction of sp³-hybridized carbons (Fsp3) is 0.188. The highest BCUT2D eigenvalue weighted by Gasteiger charge is 2.19. The molecule has 4 heteroatoms. The van der Waals surface area contributed by atoms with Crippen LogP contribution in [-0.2, 0) is 0 Å². The van der Waals surface area contributed by atoms with Crippen LogP contribution in [0.15, 0.2) is 46.9 Å². The van der Waals surface area contributed by atoms with Crippen molar-refractivity contribution in [1.29, 1.82) is 0 Å². The maximum absolute atomic E-state index is 11.5. The van der Waals surface area contributed by atoms with E-state index in [0.29, 0.717) is 16.7 Å². The van der Waals surface area contributed by atoms with E-state index in [2.05, 4.69) is 15.9 Å². The van der Waals surface area contributed by atoms with Crippen LogP contribution in [0.3, 0.4) is 0 Å². The van der Waals surface area contributed by atoms with E-state index in [0.717, 1.165) is 5.69 Å². The van der Waals surface area contributed by atoms with Crippen molar-refractivity contribution in [3.05, 3.63) is 58.1 Å². The van der Waals surface area contributed by atoms with Crippen LogP contribution in [0.25, 0.3) is 0 Å². The van der Waals surface area contributed by atoms with Crippen LogP contribution in [0, 0.1) is 6.92 Å². The van der Waals surface area contributed by atoms with E-state index in [1.807, 2.05) is 55.1 Å². The Morgan fingerprint density at radius 2 is 1.85 bits per heavy atom. The largest absolute Gasteiger partial charge is 0.478 e. The Bertz CT molecular complexity index is 623. The molecular weight excluding hydrogens is 318 g/mol. The van der Waals surface area contributed by atoms with Gasteiger partial charge in [-0.2, -0.15) is 0 Å². The summed E-state index contributed by atoms with van der Waals surface area (Å²) in [5.41, 5.74) is 3.14. The fourth-order valence-corrected chi connectivity index (χ4v) is 2.69. The fourth-order valence-electron chi connectivity index (χ4n) is 2.17. The number of halogens is 1. The third kappa shape index (κ3) is 2.85. The van der Waals surface area contributed by atoms with Gasteiger partial charge in [0.15, 0.2) is 0 Å². The van der Waals surface area contributed by atoms with Gasteiger partial charge in [0.1, 0.15) is 0 Å². The summed E-state index contributed by atoms with van der Waals surface area (Å²) in [5, 5.41) is 9.43. The Balaban J connectivity index is 2.55. The molecular formula is C16H16BrNO2. The van der Waals surface area contributed by atoms with Crippen molar-refractivity contribution in [3.63, 3.8) is 0 Å². The highest BCUT2D eigenvalue weighted by Crippen LogP contribution is 2.32. The van der Waals surface area contributed by atoms with Gasteiger partial charge in [0.25, 0.3) is 0 Å². The van der Waals surface area contributed by atoms with E-state index >= 15 is 0 Å². The van der Waals surface area contributed by atoms with E-state index in [1.165, 1.54) is 5.56 Å². The van der Waals surface area contributed by atoms with Gasteiger partial charge in [0, 0.05) is 16.7 Å². The van der Waals surface area contributed by atoms with Crippen molar-refractivity contribution in [2.24, 2.45) is 0 Å². The lowest BCUT2D eigenvalue weighted by atomic mass is 10.1.